The Labute approximate surface area is 150 Å². The van der Waals surface area contributed by atoms with Crippen molar-refractivity contribution in [3.63, 3.8) is 0 Å². The zero-order valence-electron chi connectivity index (χ0n) is 14.9. The Morgan fingerprint density at radius 1 is 1.04 bits per heavy atom. The van der Waals surface area contributed by atoms with E-state index in [-0.39, 0.29) is 0 Å². The summed E-state index contributed by atoms with van der Waals surface area (Å²) in [6, 6.07) is 4.08. The maximum Gasteiger partial charge on any atom is 0.282 e. The molecule has 0 unspecified atom stereocenters. The Morgan fingerprint density at radius 2 is 1.72 bits per heavy atom. The molecule has 0 saturated carbocycles. The number of aromatic nitrogens is 1. The van der Waals surface area contributed by atoms with Gasteiger partial charge in [-0.1, -0.05) is 6.42 Å². The lowest BCUT2D eigenvalue weighted by molar-refractivity contribution is 0.270. The summed E-state index contributed by atoms with van der Waals surface area (Å²) in [5, 5.41) is 9.07. The second-order valence-electron chi connectivity index (χ2n) is 6.94. The Morgan fingerprint density at radius 3 is 2.40 bits per heavy atom. The van der Waals surface area contributed by atoms with Crippen LogP contribution in [0.15, 0.2) is 6.07 Å². The van der Waals surface area contributed by atoms with Crippen LogP contribution in [0.4, 0.5) is 0 Å². The lowest BCUT2D eigenvalue weighted by Gasteiger charge is -2.31. The average molecular weight is 366 g/mol. The molecule has 7 nitrogen and oxygen atoms in total. The molecule has 0 aromatic carbocycles. The van der Waals surface area contributed by atoms with Crippen molar-refractivity contribution in [2.75, 3.05) is 39.3 Å². The first-order chi connectivity index (χ1) is 12.0. The summed E-state index contributed by atoms with van der Waals surface area (Å²) in [4.78, 5) is 5.51. The van der Waals surface area contributed by atoms with Gasteiger partial charge in [0.15, 0.2) is 0 Å². The standard InChI is InChI=1S/C17H27N5O2S/c1-15-16(13-18)12-17(19-15)14-20-6-5-9-22(11-10-20)25(23,24)21-7-3-2-4-8-21/h12,19H,2-11,14H2,1H3. The fourth-order valence-electron chi connectivity index (χ4n) is 3.66. The van der Waals surface area contributed by atoms with E-state index in [0.717, 1.165) is 50.2 Å². The lowest BCUT2D eigenvalue weighted by Crippen LogP contribution is -2.47. The monoisotopic (exact) mass is 365 g/mol. The lowest BCUT2D eigenvalue weighted by atomic mass is 10.2. The molecule has 0 bridgehead atoms. The van der Waals surface area contributed by atoms with Gasteiger partial charge in [-0.25, -0.2) is 0 Å². The minimum atomic E-state index is -3.32. The van der Waals surface area contributed by atoms with Gasteiger partial charge < -0.3 is 4.98 Å². The third kappa shape index (κ3) is 4.23. The van der Waals surface area contributed by atoms with Crippen molar-refractivity contribution in [2.45, 2.75) is 39.2 Å². The van der Waals surface area contributed by atoms with Crippen molar-refractivity contribution in [3.8, 4) is 6.07 Å². The largest absolute Gasteiger partial charge is 0.360 e. The van der Waals surface area contributed by atoms with Gasteiger partial charge in [0.05, 0.1) is 5.56 Å². The molecule has 8 heteroatoms. The maximum absolute atomic E-state index is 12.8. The van der Waals surface area contributed by atoms with Crippen molar-refractivity contribution in [1.82, 2.24) is 18.5 Å². The molecular weight excluding hydrogens is 338 g/mol. The molecule has 2 fully saturated rings. The van der Waals surface area contributed by atoms with E-state index >= 15 is 0 Å². The van der Waals surface area contributed by atoms with Gasteiger partial charge >= 0.3 is 0 Å². The third-order valence-corrected chi connectivity index (χ3v) is 7.14. The number of nitriles is 1. The summed E-state index contributed by atoms with van der Waals surface area (Å²) in [5.74, 6) is 0. The van der Waals surface area contributed by atoms with Gasteiger partial charge in [-0.05, 0) is 38.8 Å². The van der Waals surface area contributed by atoms with Gasteiger partial charge in [-0.2, -0.15) is 22.3 Å². The number of hydrogen-bond acceptors (Lipinski definition) is 4. The summed E-state index contributed by atoms with van der Waals surface area (Å²) in [7, 11) is -3.32. The highest BCUT2D eigenvalue weighted by atomic mass is 32.2. The summed E-state index contributed by atoms with van der Waals surface area (Å²) >= 11 is 0. The normalized spacial score (nSPS) is 21.8. The average Bonchev–Trinajstić information content (AvgIpc) is 2.81. The SMILES string of the molecule is Cc1[nH]c(CN2CCCN(S(=O)(=O)N3CCCCC3)CC2)cc1C#N. The molecule has 0 atom stereocenters. The predicted octanol–water partition coefficient (Wildman–Crippen LogP) is 1.43. The van der Waals surface area contributed by atoms with Gasteiger partial charge in [-0.3, -0.25) is 4.90 Å². The highest BCUT2D eigenvalue weighted by molar-refractivity contribution is 7.86. The van der Waals surface area contributed by atoms with Gasteiger partial charge in [0.1, 0.15) is 6.07 Å². The minimum Gasteiger partial charge on any atom is -0.360 e. The third-order valence-electron chi connectivity index (χ3n) is 5.10. The Hall–Kier alpha value is -1.40. The Kier molecular flexibility index (Phi) is 5.79. The zero-order chi connectivity index (χ0) is 17.9. The Bertz CT molecular complexity index is 731. The number of hydrogen-bond donors (Lipinski definition) is 1. The van der Waals surface area contributed by atoms with E-state index in [1.54, 1.807) is 8.61 Å². The van der Waals surface area contributed by atoms with E-state index in [0.29, 0.717) is 38.3 Å². The smallest absolute Gasteiger partial charge is 0.282 e. The van der Waals surface area contributed by atoms with Crippen LogP contribution in [0.1, 0.15) is 42.6 Å². The van der Waals surface area contributed by atoms with Crippen LogP contribution in [-0.2, 0) is 16.8 Å². The maximum atomic E-state index is 12.8. The molecule has 0 amide bonds. The van der Waals surface area contributed by atoms with Crippen LogP contribution in [0, 0.1) is 18.3 Å². The van der Waals surface area contributed by atoms with Crippen LogP contribution >= 0.6 is 0 Å². The predicted molar refractivity (Wildman–Crippen MR) is 96.1 cm³/mol. The Balaban J connectivity index is 1.61. The summed E-state index contributed by atoms with van der Waals surface area (Å²) in [6.07, 6.45) is 3.89. The molecule has 2 saturated heterocycles. The molecule has 3 rings (SSSR count). The van der Waals surface area contributed by atoms with Gasteiger partial charge in [-0.15, -0.1) is 0 Å². The van der Waals surface area contributed by atoms with Crippen molar-refractivity contribution < 1.29 is 8.42 Å². The molecule has 1 N–H and O–H groups in total. The van der Waals surface area contributed by atoms with Crippen molar-refractivity contribution in [2.24, 2.45) is 0 Å². The molecule has 3 heterocycles. The number of piperidine rings is 1. The second kappa shape index (κ2) is 7.87. The van der Waals surface area contributed by atoms with Crippen molar-refractivity contribution in [3.05, 3.63) is 23.0 Å². The number of nitrogens with zero attached hydrogens (tertiary/aromatic N) is 4. The van der Waals surface area contributed by atoms with Crippen LogP contribution in [0.25, 0.3) is 0 Å². The highest BCUT2D eigenvalue weighted by Crippen LogP contribution is 2.19. The molecule has 0 spiro atoms. The van der Waals surface area contributed by atoms with E-state index in [9.17, 15) is 8.42 Å². The van der Waals surface area contributed by atoms with Crippen LogP contribution in [0.5, 0.6) is 0 Å². The fraction of sp³-hybridized carbons (Fsp3) is 0.706. The molecule has 0 aliphatic carbocycles. The molecule has 25 heavy (non-hydrogen) atoms. The van der Waals surface area contributed by atoms with E-state index in [2.05, 4.69) is 16.0 Å². The van der Waals surface area contributed by atoms with Crippen molar-refractivity contribution >= 4 is 10.2 Å². The number of rotatable bonds is 4. The number of nitrogens with one attached hydrogen (secondary N) is 1. The summed E-state index contributed by atoms with van der Waals surface area (Å²) in [5.41, 5.74) is 2.59. The van der Waals surface area contributed by atoms with Crippen LogP contribution in [0.2, 0.25) is 0 Å². The first kappa shape index (κ1) is 18.4. The number of aryl methyl sites for hydroxylation is 1. The first-order valence-electron chi connectivity index (χ1n) is 9.07. The first-order valence-corrected chi connectivity index (χ1v) is 10.5. The number of H-pyrrole nitrogens is 1. The molecule has 2 aliphatic rings. The highest BCUT2D eigenvalue weighted by Gasteiger charge is 2.31. The van der Waals surface area contributed by atoms with Gasteiger partial charge in [0.25, 0.3) is 10.2 Å². The summed E-state index contributed by atoms with van der Waals surface area (Å²) < 4.78 is 29.0. The zero-order valence-corrected chi connectivity index (χ0v) is 15.7. The van der Waals surface area contributed by atoms with Crippen molar-refractivity contribution in [1.29, 1.82) is 5.26 Å². The van der Waals surface area contributed by atoms with E-state index in [1.165, 1.54) is 0 Å². The topological polar surface area (TPSA) is 83.4 Å². The molecule has 1 aromatic heterocycles. The fourth-order valence-corrected chi connectivity index (χ4v) is 5.38. The second-order valence-corrected chi connectivity index (χ2v) is 8.87. The van der Waals surface area contributed by atoms with Crippen LogP contribution < -0.4 is 0 Å². The van der Waals surface area contributed by atoms with E-state index in [1.807, 2.05) is 13.0 Å². The van der Waals surface area contributed by atoms with E-state index < -0.39 is 10.2 Å². The molecule has 1 aromatic rings. The van der Waals surface area contributed by atoms with E-state index in [4.69, 9.17) is 5.26 Å². The minimum absolute atomic E-state index is 0.531. The van der Waals surface area contributed by atoms with Crippen LogP contribution in [0.3, 0.4) is 0 Å². The van der Waals surface area contributed by atoms with Gasteiger partial charge in [0, 0.05) is 50.7 Å². The molecule has 138 valence electrons. The summed E-state index contributed by atoms with van der Waals surface area (Å²) in [6.45, 7) is 6.63. The molecule has 2 aliphatic heterocycles. The quantitative estimate of drug-likeness (QED) is 0.875. The number of aromatic amines is 1. The molecule has 0 radical (unpaired) electrons. The van der Waals surface area contributed by atoms with Gasteiger partial charge in [0.2, 0.25) is 0 Å². The molecular formula is C17H27N5O2S. The van der Waals surface area contributed by atoms with Crippen LogP contribution in [-0.4, -0.2) is 66.2 Å².